The van der Waals surface area contributed by atoms with Crippen molar-refractivity contribution in [1.29, 1.82) is 0 Å². The van der Waals surface area contributed by atoms with E-state index in [1.54, 1.807) is 0 Å². The lowest BCUT2D eigenvalue weighted by atomic mass is 9.72. The normalized spacial score (nSPS) is 35.3. The summed E-state index contributed by atoms with van der Waals surface area (Å²) >= 11 is 0. The molecule has 0 heterocycles. The van der Waals surface area contributed by atoms with E-state index >= 15 is 0 Å². The molecule has 0 bridgehead atoms. The quantitative estimate of drug-likeness (QED) is 0.703. The average Bonchev–Trinajstić information content (AvgIpc) is 2.04. The first-order valence-corrected chi connectivity index (χ1v) is 5.39. The lowest BCUT2D eigenvalue weighted by Crippen LogP contribution is -2.29. The highest BCUT2D eigenvalue weighted by Crippen LogP contribution is 2.36. The van der Waals surface area contributed by atoms with Crippen molar-refractivity contribution in [2.75, 3.05) is 13.2 Å². The van der Waals surface area contributed by atoms with Crippen LogP contribution < -0.4 is 0 Å². The van der Waals surface area contributed by atoms with Gasteiger partial charge < -0.3 is 10.2 Å². The highest BCUT2D eigenvalue weighted by atomic mass is 16.3. The highest BCUT2D eigenvalue weighted by molar-refractivity contribution is 4.79. The molecule has 2 atom stereocenters. The molecule has 2 unspecified atom stereocenters. The Kier molecular flexibility index (Phi) is 4.20. The van der Waals surface area contributed by atoms with E-state index in [1.807, 2.05) is 0 Å². The molecule has 2 N–H and O–H groups in total. The third-order valence-electron chi connectivity index (χ3n) is 3.35. The molecule has 1 fully saturated rings. The number of hydrogen-bond acceptors (Lipinski definition) is 2. The molecular formula is C11H22O2. The summed E-state index contributed by atoms with van der Waals surface area (Å²) in [5.41, 5.74) is 0. The molecule has 78 valence electrons. The molecule has 13 heavy (non-hydrogen) atoms. The smallest absolute Gasteiger partial charge is 0.0483 e. The zero-order chi connectivity index (χ0) is 9.84. The maximum Gasteiger partial charge on any atom is 0.0483 e. The molecule has 1 aliphatic carbocycles. The second-order valence-corrected chi connectivity index (χ2v) is 4.80. The Morgan fingerprint density at radius 2 is 1.46 bits per heavy atom. The minimum Gasteiger partial charge on any atom is -0.396 e. The Bertz CT molecular complexity index is 133. The van der Waals surface area contributed by atoms with E-state index in [9.17, 15) is 0 Å². The van der Waals surface area contributed by atoms with Crippen LogP contribution in [0.5, 0.6) is 0 Å². The van der Waals surface area contributed by atoms with Crippen molar-refractivity contribution in [3.63, 3.8) is 0 Å². The predicted molar refractivity (Wildman–Crippen MR) is 53.3 cm³/mol. The third-order valence-corrected chi connectivity index (χ3v) is 3.35. The molecular weight excluding hydrogens is 164 g/mol. The number of rotatable bonds is 3. The van der Waals surface area contributed by atoms with Crippen LogP contribution in [0.3, 0.4) is 0 Å². The first kappa shape index (κ1) is 11.0. The summed E-state index contributed by atoms with van der Waals surface area (Å²) in [5, 5.41) is 18.2. The molecule has 2 heteroatoms. The predicted octanol–water partition coefficient (Wildman–Crippen LogP) is 1.66. The van der Waals surface area contributed by atoms with Crippen LogP contribution in [-0.2, 0) is 0 Å². The second kappa shape index (κ2) is 4.97. The summed E-state index contributed by atoms with van der Waals surface area (Å²) in [5.74, 6) is 2.17. The Morgan fingerprint density at radius 1 is 1.00 bits per heavy atom. The van der Waals surface area contributed by atoms with Crippen LogP contribution in [-0.4, -0.2) is 23.4 Å². The van der Waals surface area contributed by atoms with Crippen LogP contribution in [0.2, 0.25) is 0 Å². The lowest BCUT2D eigenvalue weighted by molar-refractivity contribution is 0.0642. The molecule has 2 nitrogen and oxygen atoms in total. The van der Waals surface area contributed by atoms with Crippen LogP contribution >= 0.6 is 0 Å². The van der Waals surface area contributed by atoms with Crippen molar-refractivity contribution in [2.45, 2.75) is 33.1 Å². The van der Waals surface area contributed by atoms with Gasteiger partial charge in [-0.3, -0.25) is 0 Å². The Morgan fingerprint density at radius 3 is 1.85 bits per heavy atom. The molecule has 0 spiro atoms. The van der Waals surface area contributed by atoms with Gasteiger partial charge in [-0.1, -0.05) is 13.8 Å². The summed E-state index contributed by atoms with van der Waals surface area (Å²) in [4.78, 5) is 0. The number of aliphatic hydroxyl groups excluding tert-OH is 2. The Hall–Kier alpha value is -0.0800. The molecule has 1 rings (SSSR count). The van der Waals surface area contributed by atoms with E-state index in [0.717, 1.165) is 11.8 Å². The van der Waals surface area contributed by atoms with Gasteiger partial charge in [-0.2, -0.15) is 0 Å². The van der Waals surface area contributed by atoms with E-state index in [2.05, 4.69) is 13.8 Å². The van der Waals surface area contributed by atoms with Crippen LogP contribution in [0.25, 0.3) is 0 Å². The fraction of sp³-hybridized carbons (Fsp3) is 1.00. The Balaban J connectivity index is 2.48. The molecule has 0 aromatic rings. The largest absolute Gasteiger partial charge is 0.396 e. The third kappa shape index (κ3) is 2.96. The molecule has 1 saturated carbocycles. The summed E-state index contributed by atoms with van der Waals surface area (Å²) in [6, 6.07) is 0. The molecule has 1 aliphatic rings. The lowest BCUT2D eigenvalue weighted by Gasteiger charge is -2.35. The molecule has 0 aromatic carbocycles. The summed E-state index contributed by atoms with van der Waals surface area (Å²) < 4.78 is 0. The van der Waals surface area contributed by atoms with E-state index in [0.29, 0.717) is 5.92 Å². The molecule has 0 radical (unpaired) electrons. The summed E-state index contributed by atoms with van der Waals surface area (Å²) in [6.45, 7) is 4.82. The maximum atomic E-state index is 9.09. The van der Waals surface area contributed by atoms with Gasteiger partial charge in [0.15, 0.2) is 0 Å². The summed E-state index contributed by atoms with van der Waals surface area (Å²) in [7, 11) is 0. The van der Waals surface area contributed by atoms with E-state index in [4.69, 9.17) is 10.2 Å². The van der Waals surface area contributed by atoms with E-state index in [1.165, 1.54) is 19.3 Å². The first-order chi connectivity index (χ1) is 6.17. The topological polar surface area (TPSA) is 40.5 Å². The van der Waals surface area contributed by atoms with Crippen molar-refractivity contribution < 1.29 is 10.2 Å². The molecule has 0 aromatic heterocycles. The number of aliphatic hydroxyl groups is 2. The maximum absolute atomic E-state index is 9.09. The van der Waals surface area contributed by atoms with Crippen LogP contribution in [0.4, 0.5) is 0 Å². The van der Waals surface area contributed by atoms with Crippen LogP contribution in [0.15, 0.2) is 0 Å². The SMILES string of the molecule is CC1CC(C)CC(C(CO)CO)C1. The van der Waals surface area contributed by atoms with Gasteiger partial charge in [0.05, 0.1) is 0 Å². The van der Waals surface area contributed by atoms with Gasteiger partial charge in [0.2, 0.25) is 0 Å². The fourth-order valence-electron chi connectivity index (χ4n) is 2.75. The monoisotopic (exact) mass is 186 g/mol. The van der Waals surface area contributed by atoms with Crippen molar-refractivity contribution >= 4 is 0 Å². The zero-order valence-electron chi connectivity index (χ0n) is 8.74. The van der Waals surface area contributed by atoms with Crippen molar-refractivity contribution in [3.05, 3.63) is 0 Å². The minimum atomic E-state index is 0.116. The van der Waals surface area contributed by atoms with Crippen LogP contribution in [0, 0.1) is 23.7 Å². The standard InChI is InChI=1S/C11H22O2/c1-8-3-9(2)5-10(4-8)11(6-12)7-13/h8-13H,3-7H2,1-2H3. The Labute approximate surface area is 81.0 Å². The van der Waals surface area contributed by atoms with Crippen molar-refractivity contribution in [2.24, 2.45) is 23.7 Å². The van der Waals surface area contributed by atoms with Gasteiger partial charge >= 0.3 is 0 Å². The highest BCUT2D eigenvalue weighted by Gasteiger charge is 2.29. The van der Waals surface area contributed by atoms with Gasteiger partial charge in [0.25, 0.3) is 0 Å². The van der Waals surface area contributed by atoms with Gasteiger partial charge in [0.1, 0.15) is 0 Å². The molecule has 0 saturated heterocycles. The van der Waals surface area contributed by atoms with Crippen molar-refractivity contribution in [3.8, 4) is 0 Å². The summed E-state index contributed by atoms with van der Waals surface area (Å²) in [6.07, 6.45) is 3.66. The molecule has 0 aliphatic heterocycles. The number of hydrogen-bond donors (Lipinski definition) is 2. The van der Waals surface area contributed by atoms with Crippen molar-refractivity contribution in [1.82, 2.24) is 0 Å². The van der Waals surface area contributed by atoms with Gasteiger partial charge in [-0.05, 0) is 37.0 Å². The second-order valence-electron chi connectivity index (χ2n) is 4.80. The fourth-order valence-corrected chi connectivity index (χ4v) is 2.75. The molecule has 0 amide bonds. The van der Waals surface area contributed by atoms with E-state index in [-0.39, 0.29) is 19.1 Å². The minimum absolute atomic E-state index is 0.116. The van der Waals surface area contributed by atoms with Crippen LogP contribution in [0.1, 0.15) is 33.1 Å². The van der Waals surface area contributed by atoms with Gasteiger partial charge in [-0.25, -0.2) is 0 Å². The van der Waals surface area contributed by atoms with E-state index < -0.39 is 0 Å². The average molecular weight is 186 g/mol. The zero-order valence-corrected chi connectivity index (χ0v) is 8.74. The first-order valence-electron chi connectivity index (χ1n) is 5.39. The van der Waals surface area contributed by atoms with Gasteiger partial charge in [0, 0.05) is 19.1 Å². The van der Waals surface area contributed by atoms with Gasteiger partial charge in [-0.15, -0.1) is 0 Å².